The molecule has 1 saturated heterocycles. The molecule has 4 rings (SSSR count). The van der Waals surface area contributed by atoms with Crippen LogP contribution in [-0.2, 0) is 9.84 Å². The smallest absolute Gasteiger partial charge is 0.214 e. The average molecular weight is 367 g/mol. The molecule has 0 amide bonds. The maximum atomic E-state index is 13.4. The monoisotopic (exact) mass is 367 g/mol. The van der Waals surface area contributed by atoms with Crippen LogP contribution in [0.4, 0.5) is 5.69 Å². The maximum Gasteiger partial charge on any atom is 0.214 e. The molecule has 0 bridgehead atoms. The van der Waals surface area contributed by atoms with Gasteiger partial charge in [-0.2, -0.15) is 0 Å². The molecule has 1 aliphatic heterocycles. The lowest BCUT2D eigenvalue weighted by atomic mass is 10.0. The van der Waals surface area contributed by atoms with Gasteiger partial charge in [-0.25, -0.2) is 13.4 Å². The van der Waals surface area contributed by atoms with Crippen LogP contribution in [0.2, 0.25) is 0 Å². The summed E-state index contributed by atoms with van der Waals surface area (Å²) in [6, 6.07) is 16.9. The van der Waals surface area contributed by atoms with Gasteiger partial charge in [0.25, 0.3) is 0 Å². The summed E-state index contributed by atoms with van der Waals surface area (Å²) in [5, 5.41) is 0.957. The number of pyridine rings is 1. The zero-order valence-electron chi connectivity index (χ0n) is 14.9. The molecule has 1 atom stereocenters. The molecule has 0 spiro atoms. The van der Waals surface area contributed by atoms with Crippen molar-refractivity contribution in [3.05, 3.63) is 60.8 Å². The number of aromatic amines is 1. The molecule has 0 aliphatic carbocycles. The Morgan fingerprint density at radius 3 is 2.50 bits per heavy atom. The molecule has 2 aromatic carbocycles. The molecular formula is C21H23N2O2S+. The minimum atomic E-state index is -3.61. The summed E-state index contributed by atoms with van der Waals surface area (Å²) in [5.74, 6) is 0. The second-order valence-electron chi connectivity index (χ2n) is 6.90. The minimum Gasteiger partial charge on any atom is -0.367 e. The van der Waals surface area contributed by atoms with Crippen molar-refractivity contribution in [1.82, 2.24) is 0 Å². The lowest BCUT2D eigenvalue weighted by molar-refractivity contribution is -0.347. The van der Waals surface area contributed by atoms with Gasteiger partial charge >= 0.3 is 0 Å². The van der Waals surface area contributed by atoms with Crippen LogP contribution in [-0.4, -0.2) is 21.0 Å². The number of benzene rings is 2. The van der Waals surface area contributed by atoms with Crippen LogP contribution >= 0.6 is 0 Å². The fourth-order valence-electron chi connectivity index (χ4n) is 3.82. The SMILES string of the molecule is C[C@@H]1CCCCN1c1c(S(=O)(=O)c2ccccc2)c[nH+]c2ccccc12. The highest BCUT2D eigenvalue weighted by atomic mass is 32.2. The van der Waals surface area contributed by atoms with E-state index in [2.05, 4.69) is 16.8 Å². The molecule has 0 unspecified atom stereocenters. The number of hydrogen-bond donors (Lipinski definition) is 0. The Balaban J connectivity index is 1.99. The van der Waals surface area contributed by atoms with Crippen LogP contribution in [0.5, 0.6) is 0 Å². The van der Waals surface area contributed by atoms with Gasteiger partial charge < -0.3 is 4.90 Å². The lowest BCUT2D eigenvalue weighted by Crippen LogP contribution is -2.38. The summed E-state index contributed by atoms with van der Waals surface area (Å²) >= 11 is 0. The van der Waals surface area contributed by atoms with Gasteiger partial charge in [0, 0.05) is 18.7 Å². The topological polar surface area (TPSA) is 51.5 Å². The van der Waals surface area contributed by atoms with E-state index in [0.717, 1.165) is 36.0 Å². The summed E-state index contributed by atoms with van der Waals surface area (Å²) in [4.78, 5) is 6.14. The number of hydrogen-bond acceptors (Lipinski definition) is 3. The molecule has 26 heavy (non-hydrogen) atoms. The molecule has 1 aliphatic rings. The molecule has 5 heteroatoms. The molecule has 2 heterocycles. The van der Waals surface area contributed by atoms with E-state index < -0.39 is 9.84 Å². The first-order chi connectivity index (χ1) is 12.6. The third-order valence-corrected chi connectivity index (χ3v) is 6.99. The minimum absolute atomic E-state index is 0.319. The number of sulfone groups is 1. The summed E-state index contributed by atoms with van der Waals surface area (Å²) in [6.07, 6.45) is 5.01. The van der Waals surface area contributed by atoms with Crippen molar-refractivity contribution < 1.29 is 13.4 Å². The standard InChI is InChI=1S/C21H22N2O2S/c1-16-9-7-8-14-23(16)21-18-12-5-6-13-19(18)22-15-20(21)26(24,25)17-10-3-2-4-11-17/h2-6,10-13,15-16H,7-9,14H2,1H3/p+1/t16-/m1/s1. The van der Waals surface area contributed by atoms with Gasteiger partial charge in [-0.3, -0.25) is 0 Å². The van der Waals surface area contributed by atoms with Crippen LogP contribution in [0.15, 0.2) is 70.6 Å². The van der Waals surface area contributed by atoms with Crippen molar-refractivity contribution in [3.8, 4) is 0 Å². The fourth-order valence-corrected chi connectivity index (χ4v) is 5.28. The Hall–Kier alpha value is -2.40. The quantitative estimate of drug-likeness (QED) is 0.706. The maximum absolute atomic E-state index is 13.4. The number of aromatic nitrogens is 1. The van der Waals surface area contributed by atoms with Crippen molar-refractivity contribution in [2.45, 2.75) is 42.0 Å². The van der Waals surface area contributed by atoms with E-state index >= 15 is 0 Å². The number of anilines is 1. The Labute approximate surface area is 154 Å². The highest BCUT2D eigenvalue weighted by Crippen LogP contribution is 2.37. The molecule has 3 aromatic rings. The highest BCUT2D eigenvalue weighted by molar-refractivity contribution is 7.91. The molecule has 0 radical (unpaired) electrons. The molecule has 1 aromatic heterocycles. The van der Waals surface area contributed by atoms with Crippen molar-refractivity contribution in [2.24, 2.45) is 0 Å². The summed E-state index contributed by atoms with van der Waals surface area (Å²) in [6.45, 7) is 3.07. The second-order valence-corrected chi connectivity index (χ2v) is 8.82. The number of fused-ring (bicyclic) bond motifs is 1. The first-order valence-electron chi connectivity index (χ1n) is 9.09. The summed E-state index contributed by atoms with van der Waals surface area (Å²) in [5.41, 5.74) is 1.78. The lowest BCUT2D eigenvalue weighted by Gasteiger charge is -2.36. The Kier molecular flexibility index (Phi) is 4.41. The Bertz CT molecular complexity index is 1030. The second kappa shape index (κ2) is 6.72. The average Bonchev–Trinajstić information content (AvgIpc) is 2.68. The molecule has 1 fully saturated rings. The zero-order chi connectivity index (χ0) is 18.1. The zero-order valence-corrected chi connectivity index (χ0v) is 15.7. The Morgan fingerprint density at radius 2 is 1.73 bits per heavy atom. The summed E-state index contributed by atoms with van der Waals surface area (Å²) in [7, 11) is -3.61. The van der Waals surface area contributed by atoms with E-state index in [0.29, 0.717) is 15.8 Å². The normalized spacial score (nSPS) is 18.2. The van der Waals surface area contributed by atoms with E-state index in [9.17, 15) is 8.42 Å². The predicted molar refractivity (Wildman–Crippen MR) is 103 cm³/mol. The first kappa shape index (κ1) is 17.0. The van der Waals surface area contributed by atoms with E-state index in [1.807, 2.05) is 30.3 Å². The third-order valence-electron chi connectivity index (χ3n) is 5.21. The first-order valence-corrected chi connectivity index (χ1v) is 10.6. The number of nitrogens with one attached hydrogen (secondary N) is 1. The molecule has 134 valence electrons. The van der Waals surface area contributed by atoms with E-state index in [1.165, 1.54) is 6.42 Å². The largest absolute Gasteiger partial charge is 0.367 e. The van der Waals surface area contributed by atoms with Crippen LogP contribution in [0.3, 0.4) is 0 Å². The van der Waals surface area contributed by atoms with Gasteiger partial charge in [-0.15, -0.1) is 0 Å². The molecule has 1 N–H and O–H groups in total. The van der Waals surface area contributed by atoms with Crippen LogP contribution < -0.4 is 9.88 Å². The molecule has 4 nitrogen and oxygen atoms in total. The number of piperidine rings is 1. The number of para-hydroxylation sites is 1. The van der Waals surface area contributed by atoms with Crippen LogP contribution in [0.1, 0.15) is 26.2 Å². The fraction of sp³-hybridized carbons (Fsp3) is 0.286. The van der Waals surface area contributed by atoms with Gasteiger partial charge in [0.1, 0.15) is 0 Å². The molecular weight excluding hydrogens is 344 g/mol. The summed E-state index contributed by atoms with van der Waals surface area (Å²) < 4.78 is 26.8. The number of nitrogens with zero attached hydrogens (tertiary/aromatic N) is 1. The van der Waals surface area contributed by atoms with Crippen LogP contribution in [0.25, 0.3) is 10.9 Å². The van der Waals surface area contributed by atoms with Crippen molar-refractivity contribution in [2.75, 3.05) is 11.4 Å². The van der Waals surface area contributed by atoms with Crippen molar-refractivity contribution >= 4 is 26.4 Å². The Morgan fingerprint density at radius 1 is 1.00 bits per heavy atom. The predicted octanol–water partition coefficient (Wildman–Crippen LogP) is 3.87. The van der Waals surface area contributed by atoms with Gasteiger partial charge in [0.15, 0.2) is 11.1 Å². The van der Waals surface area contributed by atoms with Crippen molar-refractivity contribution in [3.63, 3.8) is 0 Å². The van der Waals surface area contributed by atoms with E-state index in [4.69, 9.17) is 0 Å². The number of rotatable bonds is 3. The third kappa shape index (κ3) is 2.86. The van der Waals surface area contributed by atoms with Crippen LogP contribution in [0, 0.1) is 0 Å². The highest BCUT2D eigenvalue weighted by Gasteiger charge is 2.31. The van der Waals surface area contributed by atoms with Gasteiger partial charge in [-0.1, -0.05) is 30.3 Å². The van der Waals surface area contributed by atoms with E-state index in [1.54, 1.807) is 30.5 Å². The van der Waals surface area contributed by atoms with Crippen molar-refractivity contribution in [1.29, 1.82) is 0 Å². The van der Waals surface area contributed by atoms with Gasteiger partial charge in [0.05, 0.1) is 16.0 Å². The van der Waals surface area contributed by atoms with Gasteiger partial charge in [-0.05, 0) is 44.4 Å². The number of H-pyrrole nitrogens is 1. The van der Waals surface area contributed by atoms with Gasteiger partial charge in [0.2, 0.25) is 15.4 Å². The molecule has 0 saturated carbocycles. The van der Waals surface area contributed by atoms with E-state index in [-0.39, 0.29) is 0 Å².